The van der Waals surface area contributed by atoms with Crippen molar-refractivity contribution in [2.75, 3.05) is 4.90 Å². The molecule has 0 saturated heterocycles. The third-order valence-electron chi connectivity index (χ3n) is 7.53. The van der Waals surface area contributed by atoms with E-state index >= 15 is 0 Å². The molecule has 0 unspecified atom stereocenters. The zero-order chi connectivity index (χ0) is 31.9. The van der Waals surface area contributed by atoms with E-state index in [0.29, 0.717) is 10.4 Å². The number of nitrogens with zero attached hydrogens (tertiary/aromatic N) is 5. The van der Waals surface area contributed by atoms with E-state index in [9.17, 15) is 21.0 Å². The predicted octanol–water partition coefficient (Wildman–Crippen LogP) is 10.3. The first-order chi connectivity index (χ1) is 22.6. The lowest BCUT2D eigenvalue weighted by molar-refractivity contribution is 1.28. The maximum atomic E-state index is 10.0. The van der Waals surface area contributed by atoms with Crippen molar-refractivity contribution in [1.29, 1.82) is 21.0 Å². The number of anilines is 3. The van der Waals surface area contributed by atoms with Gasteiger partial charge in [0, 0.05) is 38.0 Å². The van der Waals surface area contributed by atoms with Gasteiger partial charge in [-0.3, -0.25) is 0 Å². The number of rotatable bonds is 7. The van der Waals surface area contributed by atoms with E-state index in [2.05, 4.69) is 41.3 Å². The molecule has 0 spiro atoms. The van der Waals surface area contributed by atoms with Gasteiger partial charge in [-0.25, -0.2) is 0 Å². The van der Waals surface area contributed by atoms with Gasteiger partial charge in [-0.15, -0.1) is 11.3 Å². The molecule has 214 valence electrons. The fourth-order valence-corrected chi connectivity index (χ4v) is 6.48. The molecule has 5 nitrogen and oxygen atoms in total. The minimum absolute atomic E-state index is 0.170. The Balaban J connectivity index is 1.43. The number of para-hydroxylation sites is 2. The topological polar surface area (TPSA) is 98.4 Å². The number of allylic oxidation sites excluding steroid dienone is 4. The normalized spacial score (nSPS) is 10.1. The molecule has 0 radical (unpaired) electrons. The summed E-state index contributed by atoms with van der Waals surface area (Å²) in [6, 6.07) is 53.7. The first-order valence-corrected chi connectivity index (χ1v) is 15.2. The second-order valence-electron chi connectivity index (χ2n) is 10.2. The zero-order valence-electron chi connectivity index (χ0n) is 24.4. The Hall–Kier alpha value is -6.70. The molecule has 6 rings (SSSR count). The van der Waals surface area contributed by atoms with E-state index in [4.69, 9.17) is 0 Å². The zero-order valence-corrected chi connectivity index (χ0v) is 25.2. The van der Waals surface area contributed by atoms with Gasteiger partial charge in [0.15, 0.2) is 0 Å². The van der Waals surface area contributed by atoms with Crippen LogP contribution in [-0.2, 0) is 0 Å². The molecular weight excluding hydrogens is 583 g/mol. The average molecular weight is 606 g/mol. The summed E-state index contributed by atoms with van der Waals surface area (Å²) in [5.41, 5.74) is 4.78. The predicted molar refractivity (Wildman–Crippen MR) is 185 cm³/mol. The van der Waals surface area contributed by atoms with E-state index < -0.39 is 0 Å². The first-order valence-electron chi connectivity index (χ1n) is 14.3. The van der Waals surface area contributed by atoms with Crippen LogP contribution in [0.2, 0.25) is 0 Å². The third-order valence-corrected chi connectivity index (χ3v) is 8.68. The van der Waals surface area contributed by atoms with E-state index in [-0.39, 0.29) is 22.3 Å². The monoisotopic (exact) mass is 605 g/mol. The molecule has 1 heterocycles. The standard InChI is InChI=1S/C40H23N5S/c41-24-32(25-42)39(31-16-15-28-9-7-8-10-30(28)23-31)40(33(26-43)27-44)38-22-21-37(46-38)29-17-19-36(20-18-29)45(34-11-3-1-4-12-34)35-13-5-2-6-14-35/h1-23H. The van der Waals surface area contributed by atoms with E-state index in [1.807, 2.05) is 127 Å². The molecule has 0 aliphatic rings. The highest BCUT2D eigenvalue weighted by molar-refractivity contribution is 7.16. The van der Waals surface area contributed by atoms with Gasteiger partial charge in [0.1, 0.15) is 35.4 Å². The summed E-state index contributed by atoms with van der Waals surface area (Å²) >= 11 is 1.40. The number of hydrogen-bond acceptors (Lipinski definition) is 6. The molecular formula is C40H23N5S. The van der Waals surface area contributed by atoms with E-state index in [1.165, 1.54) is 11.3 Å². The number of nitriles is 4. The highest BCUT2D eigenvalue weighted by Crippen LogP contribution is 2.43. The minimum atomic E-state index is -0.172. The van der Waals surface area contributed by atoms with Crippen LogP contribution in [0.15, 0.2) is 151 Å². The maximum absolute atomic E-state index is 10.0. The van der Waals surface area contributed by atoms with Crippen LogP contribution in [0.3, 0.4) is 0 Å². The minimum Gasteiger partial charge on any atom is -0.311 e. The van der Waals surface area contributed by atoms with Crippen LogP contribution in [0.1, 0.15) is 10.4 Å². The Morgan fingerprint density at radius 1 is 0.478 bits per heavy atom. The summed E-state index contributed by atoms with van der Waals surface area (Å²) in [6.45, 7) is 0. The fourth-order valence-electron chi connectivity index (χ4n) is 5.41. The van der Waals surface area contributed by atoms with E-state index in [0.717, 1.165) is 38.3 Å². The Kier molecular flexibility index (Phi) is 8.49. The van der Waals surface area contributed by atoms with Crippen molar-refractivity contribution in [3.05, 3.63) is 161 Å². The van der Waals surface area contributed by atoms with Gasteiger partial charge in [0.2, 0.25) is 0 Å². The Bertz CT molecular complexity index is 2220. The number of hydrogen-bond donors (Lipinski definition) is 0. The van der Waals surface area contributed by atoms with Crippen molar-refractivity contribution in [3.8, 4) is 34.7 Å². The van der Waals surface area contributed by atoms with Crippen molar-refractivity contribution < 1.29 is 0 Å². The summed E-state index contributed by atoms with van der Waals surface area (Å²) in [6.07, 6.45) is 0. The maximum Gasteiger partial charge on any atom is 0.138 e. The van der Waals surface area contributed by atoms with Crippen molar-refractivity contribution in [2.24, 2.45) is 0 Å². The molecule has 1 aromatic heterocycles. The molecule has 46 heavy (non-hydrogen) atoms. The van der Waals surface area contributed by atoms with Crippen molar-refractivity contribution in [3.63, 3.8) is 0 Å². The van der Waals surface area contributed by atoms with Crippen LogP contribution in [-0.4, -0.2) is 0 Å². The van der Waals surface area contributed by atoms with Crippen LogP contribution in [0, 0.1) is 45.3 Å². The molecule has 0 saturated carbocycles. The van der Waals surface area contributed by atoms with Crippen molar-refractivity contribution in [1.82, 2.24) is 0 Å². The fraction of sp³-hybridized carbons (Fsp3) is 0. The van der Waals surface area contributed by atoms with Crippen molar-refractivity contribution in [2.45, 2.75) is 0 Å². The summed E-state index contributed by atoms with van der Waals surface area (Å²) in [5.74, 6) is 0. The van der Waals surface area contributed by atoms with Gasteiger partial charge >= 0.3 is 0 Å². The van der Waals surface area contributed by atoms with Crippen LogP contribution in [0.4, 0.5) is 17.1 Å². The number of fused-ring (bicyclic) bond motifs is 1. The van der Waals surface area contributed by atoms with Gasteiger partial charge in [0.05, 0.1) is 0 Å². The largest absolute Gasteiger partial charge is 0.311 e. The number of benzene rings is 5. The second-order valence-corrected chi connectivity index (χ2v) is 11.3. The first kappa shape index (κ1) is 29.4. The molecule has 0 fully saturated rings. The average Bonchev–Trinajstić information content (AvgIpc) is 3.61. The van der Waals surface area contributed by atoms with Gasteiger partial charge in [0.25, 0.3) is 0 Å². The smallest absolute Gasteiger partial charge is 0.138 e. The van der Waals surface area contributed by atoms with Gasteiger partial charge in [-0.1, -0.05) is 84.9 Å². The quantitative estimate of drug-likeness (QED) is 0.133. The molecule has 5 aromatic carbocycles. The molecule has 6 heteroatoms. The molecule has 0 bridgehead atoms. The van der Waals surface area contributed by atoms with Crippen molar-refractivity contribution >= 4 is 50.3 Å². The molecule has 0 aliphatic heterocycles. The summed E-state index contributed by atoms with van der Waals surface area (Å²) in [4.78, 5) is 3.70. The SMILES string of the molecule is N#CC(C#N)=C(C(=C(C#N)C#N)c1ccc(-c2ccc(N(c3ccccc3)c3ccccc3)cc2)s1)c1ccc2ccccc2c1. The molecule has 0 aliphatic carbocycles. The lowest BCUT2D eigenvalue weighted by Crippen LogP contribution is -2.09. The van der Waals surface area contributed by atoms with Gasteiger partial charge in [-0.05, 0) is 76.5 Å². The van der Waals surface area contributed by atoms with Gasteiger partial charge in [-0.2, -0.15) is 21.0 Å². The lowest BCUT2D eigenvalue weighted by Gasteiger charge is -2.25. The number of thiophene rings is 1. The summed E-state index contributed by atoms with van der Waals surface area (Å²) in [7, 11) is 0. The third kappa shape index (κ3) is 5.77. The lowest BCUT2D eigenvalue weighted by atomic mass is 9.88. The van der Waals surface area contributed by atoms with Crippen LogP contribution in [0.5, 0.6) is 0 Å². The Morgan fingerprint density at radius 2 is 1.00 bits per heavy atom. The van der Waals surface area contributed by atoms with Gasteiger partial charge < -0.3 is 4.90 Å². The highest BCUT2D eigenvalue weighted by atomic mass is 32.1. The Morgan fingerprint density at radius 3 is 1.59 bits per heavy atom. The molecule has 6 aromatic rings. The molecule has 0 atom stereocenters. The second kappa shape index (κ2) is 13.3. The Labute approximate surface area is 271 Å². The summed E-state index contributed by atoms with van der Waals surface area (Å²) in [5, 5.41) is 41.9. The van der Waals surface area contributed by atoms with E-state index in [1.54, 1.807) is 0 Å². The molecule has 0 N–H and O–H groups in total. The van der Waals surface area contributed by atoms with Crippen LogP contribution in [0.25, 0.3) is 32.4 Å². The molecule has 0 amide bonds. The van der Waals surface area contributed by atoms with Crippen LogP contribution < -0.4 is 4.90 Å². The summed E-state index contributed by atoms with van der Waals surface area (Å²) < 4.78 is 0. The van der Waals surface area contributed by atoms with Crippen LogP contribution >= 0.6 is 11.3 Å². The highest BCUT2D eigenvalue weighted by Gasteiger charge is 2.23.